The van der Waals surface area contributed by atoms with Gasteiger partial charge in [0.25, 0.3) is 5.91 Å². The number of terminal acetylenes is 1. The molecule has 0 saturated carbocycles. The summed E-state index contributed by atoms with van der Waals surface area (Å²) in [5.41, 5.74) is 2.57. The van der Waals surface area contributed by atoms with Crippen LogP contribution in [0.1, 0.15) is 12.5 Å². The quantitative estimate of drug-likeness (QED) is 0.281. The smallest absolute Gasteiger partial charge is 0.270 e. The van der Waals surface area contributed by atoms with E-state index in [0.29, 0.717) is 31.8 Å². The minimum Gasteiger partial charge on any atom is -0.490 e. The molecule has 1 aliphatic heterocycles. The number of rotatable bonds is 7. The van der Waals surface area contributed by atoms with E-state index >= 15 is 0 Å². The van der Waals surface area contributed by atoms with Crippen LogP contribution in [0.3, 0.4) is 0 Å². The molecule has 160 valence electrons. The lowest BCUT2D eigenvalue weighted by atomic mass is 10.1. The highest BCUT2D eigenvalue weighted by Crippen LogP contribution is 2.40. The second-order valence-corrected chi connectivity index (χ2v) is 9.21. The van der Waals surface area contributed by atoms with Crippen LogP contribution in [0.4, 0.5) is 11.4 Å². The normalized spacial score (nSPS) is 14.7. The van der Waals surface area contributed by atoms with Crippen molar-refractivity contribution in [1.82, 2.24) is 0 Å². The van der Waals surface area contributed by atoms with Crippen LogP contribution in [0.2, 0.25) is 0 Å². The third-order valence-electron chi connectivity index (χ3n) is 4.35. The van der Waals surface area contributed by atoms with Gasteiger partial charge in [0, 0.05) is 19.8 Å². The first-order chi connectivity index (χ1) is 14.8. The van der Waals surface area contributed by atoms with Gasteiger partial charge in [-0.3, -0.25) is 9.69 Å². The number of amides is 1. The molecule has 0 unspecified atom stereocenters. The Morgan fingerprint density at radius 3 is 2.58 bits per heavy atom. The third kappa shape index (κ3) is 5.24. The van der Waals surface area contributed by atoms with E-state index in [1.165, 1.54) is 11.8 Å². The molecule has 0 atom stereocenters. The van der Waals surface area contributed by atoms with Crippen LogP contribution >= 0.6 is 39.9 Å². The number of carbonyl (C=O) groups excluding carboxylic acids is 1. The fraction of sp³-hybridized carbons (Fsp3) is 0.217. The number of hydrogen-bond acceptors (Lipinski definition) is 6. The maximum Gasteiger partial charge on any atom is 0.270 e. The molecule has 0 bridgehead atoms. The molecule has 0 aromatic heterocycles. The zero-order chi connectivity index (χ0) is 22.5. The number of halogens is 1. The Hall–Kier alpha value is -2.47. The average Bonchev–Trinajstić information content (AvgIpc) is 3.00. The summed E-state index contributed by atoms with van der Waals surface area (Å²) in [6, 6.07) is 11.4. The van der Waals surface area contributed by atoms with E-state index < -0.39 is 0 Å². The Labute approximate surface area is 200 Å². The Morgan fingerprint density at radius 1 is 1.26 bits per heavy atom. The van der Waals surface area contributed by atoms with Crippen LogP contribution in [0, 0.1) is 12.3 Å². The number of anilines is 2. The predicted molar refractivity (Wildman–Crippen MR) is 136 cm³/mol. The van der Waals surface area contributed by atoms with E-state index in [1.54, 1.807) is 11.0 Å². The molecule has 3 rings (SSSR count). The maximum absolute atomic E-state index is 13.1. The van der Waals surface area contributed by atoms with Crippen LogP contribution in [0.5, 0.6) is 11.5 Å². The van der Waals surface area contributed by atoms with E-state index in [-0.39, 0.29) is 12.5 Å². The molecule has 1 saturated heterocycles. The zero-order valence-corrected chi connectivity index (χ0v) is 20.6. The van der Waals surface area contributed by atoms with Crippen molar-refractivity contribution in [3.63, 3.8) is 0 Å². The molecule has 0 aliphatic carbocycles. The largest absolute Gasteiger partial charge is 0.490 e. The highest BCUT2D eigenvalue weighted by molar-refractivity contribution is 9.10. The monoisotopic (exact) mass is 516 g/mol. The van der Waals surface area contributed by atoms with Gasteiger partial charge in [0.05, 0.1) is 21.7 Å². The summed E-state index contributed by atoms with van der Waals surface area (Å²) in [7, 11) is 3.93. The molecule has 0 radical (unpaired) electrons. The molecule has 1 aliphatic rings. The van der Waals surface area contributed by atoms with Gasteiger partial charge in [-0.15, -0.1) is 6.42 Å². The summed E-state index contributed by atoms with van der Waals surface area (Å²) in [6.07, 6.45) is 7.10. The first kappa shape index (κ1) is 23.2. The van der Waals surface area contributed by atoms with Crippen LogP contribution in [-0.2, 0) is 4.79 Å². The lowest BCUT2D eigenvalue weighted by Gasteiger charge is -2.17. The second kappa shape index (κ2) is 10.2. The van der Waals surface area contributed by atoms with E-state index in [1.807, 2.05) is 62.3 Å². The highest BCUT2D eigenvalue weighted by Gasteiger charge is 2.33. The van der Waals surface area contributed by atoms with Gasteiger partial charge in [-0.05, 0) is 70.9 Å². The molecule has 5 nitrogen and oxygen atoms in total. The summed E-state index contributed by atoms with van der Waals surface area (Å²) in [5.74, 6) is 3.37. The van der Waals surface area contributed by atoms with Crippen molar-refractivity contribution in [2.24, 2.45) is 0 Å². The van der Waals surface area contributed by atoms with Crippen molar-refractivity contribution >= 4 is 67.6 Å². The second-order valence-electron chi connectivity index (χ2n) is 6.68. The lowest BCUT2D eigenvalue weighted by molar-refractivity contribution is -0.113. The SMILES string of the molecule is C#CCOc1c(Br)cc(/C=C2\SC(=S)N(c3ccc(N(C)C)cc3)C2=O)cc1OCC. The van der Waals surface area contributed by atoms with Gasteiger partial charge in [0.15, 0.2) is 15.8 Å². The van der Waals surface area contributed by atoms with Gasteiger partial charge >= 0.3 is 0 Å². The molecule has 31 heavy (non-hydrogen) atoms. The topological polar surface area (TPSA) is 42.0 Å². The fourth-order valence-corrected chi connectivity index (χ4v) is 4.80. The van der Waals surface area contributed by atoms with Crippen LogP contribution in [0.15, 0.2) is 45.8 Å². The van der Waals surface area contributed by atoms with E-state index in [0.717, 1.165) is 16.9 Å². The number of thioether (sulfide) groups is 1. The summed E-state index contributed by atoms with van der Waals surface area (Å²) < 4.78 is 12.5. The fourth-order valence-electron chi connectivity index (χ4n) is 2.93. The number of thiocarbonyl (C=S) groups is 1. The summed E-state index contributed by atoms with van der Waals surface area (Å²) >= 11 is 10.3. The minimum absolute atomic E-state index is 0.128. The van der Waals surface area contributed by atoms with Crippen LogP contribution in [-0.4, -0.2) is 37.5 Å². The zero-order valence-electron chi connectivity index (χ0n) is 17.3. The standard InChI is InChI=1S/C23H21BrN2O3S2/c1-5-11-29-21-18(24)12-15(13-19(21)28-6-2)14-20-22(27)26(23(30)31-20)17-9-7-16(8-10-17)25(3)4/h1,7-10,12-14H,6,11H2,2-4H3/b20-14-. The highest BCUT2D eigenvalue weighted by atomic mass is 79.9. The molecule has 2 aromatic rings. The first-order valence-corrected chi connectivity index (χ1v) is 11.5. The number of ether oxygens (including phenoxy) is 2. The Balaban J connectivity index is 1.91. The van der Waals surface area contributed by atoms with E-state index in [4.69, 9.17) is 28.1 Å². The molecule has 0 spiro atoms. The number of nitrogens with zero attached hydrogens (tertiary/aromatic N) is 2. The summed E-state index contributed by atoms with van der Waals surface area (Å²) in [4.78, 5) is 17.2. The average molecular weight is 517 g/mol. The van der Waals surface area contributed by atoms with Gasteiger partial charge in [-0.2, -0.15) is 0 Å². The van der Waals surface area contributed by atoms with E-state index in [2.05, 4.69) is 21.9 Å². The predicted octanol–water partition coefficient (Wildman–Crippen LogP) is 5.33. The van der Waals surface area contributed by atoms with E-state index in [9.17, 15) is 4.79 Å². The molecular formula is C23H21BrN2O3S2. The maximum atomic E-state index is 13.1. The Morgan fingerprint density at radius 2 is 1.97 bits per heavy atom. The summed E-state index contributed by atoms with van der Waals surface area (Å²) in [5, 5.41) is 0. The van der Waals surface area contributed by atoms with Crippen LogP contribution < -0.4 is 19.3 Å². The molecule has 2 aromatic carbocycles. The van der Waals surface area contributed by atoms with Crippen LogP contribution in [0.25, 0.3) is 6.08 Å². The van der Waals surface area contributed by atoms with Gasteiger partial charge in [0.1, 0.15) is 6.61 Å². The first-order valence-electron chi connectivity index (χ1n) is 9.43. The molecule has 1 amide bonds. The lowest BCUT2D eigenvalue weighted by Crippen LogP contribution is -2.27. The minimum atomic E-state index is -0.158. The van der Waals surface area contributed by atoms with Gasteiger partial charge < -0.3 is 14.4 Å². The number of carbonyl (C=O) groups is 1. The van der Waals surface area contributed by atoms with Gasteiger partial charge in [0.2, 0.25) is 0 Å². The van der Waals surface area contributed by atoms with Gasteiger partial charge in [-0.25, -0.2) is 0 Å². The summed E-state index contributed by atoms with van der Waals surface area (Å²) in [6.45, 7) is 2.48. The van der Waals surface area contributed by atoms with Crippen molar-refractivity contribution in [1.29, 1.82) is 0 Å². The molecule has 1 heterocycles. The number of benzene rings is 2. The van der Waals surface area contributed by atoms with Crippen molar-refractivity contribution in [3.8, 4) is 23.8 Å². The molecule has 1 fully saturated rings. The number of hydrogen-bond donors (Lipinski definition) is 0. The van der Waals surface area contributed by atoms with Crippen molar-refractivity contribution in [2.75, 3.05) is 37.1 Å². The Bertz CT molecular complexity index is 1080. The van der Waals surface area contributed by atoms with Crippen molar-refractivity contribution in [2.45, 2.75) is 6.92 Å². The molecular weight excluding hydrogens is 496 g/mol. The Kier molecular flexibility index (Phi) is 7.65. The van der Waals surface area contributed by atoms with Crippen molar-refractivity contribution < 1.29 is 14.3 Å². The molecule has 0 N–H and O–H groups in total. The molecule has 8 heteroatoms. The van der Waals surface area contributed by atoms with Crippen molar-refractivity contribution in [3.05, 3.63) is 51.3 Å². The third-order valence-corrected chi connectivity index (χ3v) is 6.24. The van der Waals surface area contributed by atoms with Gasteiger partial charge in [-0.1, -0.05) is 29.9 Å².